The highest BCUT2D eigenvalue weighted by Gasteiger charge is 2.18. The molecular weight excluding hydrogens is 437 g/mol. The maximum Gasteiger partial charge on any atom is 0.144 e. The van der Waals surface area contributed by atoms with Gasteiger partial charge in [-0.25, -0.2) is 4.39 Å². The third kappa shape index (κ3) is 3.06. The molecule has 0 aliphatic carbocycles. The number of furan rings is 2. The molecule has 0 aliphatic rings. The van der Waals surface area contributed by atoms with Gasteiger partial charge in [0.2, 0.25) is 0 Å². The smallest absolute Gasteiger partial charge is 0.144 e. The molecule has 7 rings (SSSR count). The lowest BCUT2D eigenvalue weighted by molar-refractivity contribution is 0.619. The van der Waals surface area contributed by atoms with Gasteiger partial charge in [0, 0.05) is 52.9 Å². The molecule has 3 nitrogen and oxygen atoms in total. The standard InChI is InChI=1S/C31H22FNO2/c1-17(2)14-18-12-13-33-27(15-18)26-5-3-4-21-23-10-11-24-25(30(23)35-31(21)26)9-8-22-20-7-6-19(32)16-28(20)34-29(22)24/h3-13,15-17H,14H2,1-2H3/i14D2. The van der Waals surface area contributed by atoms with E-state index in [4.69, 9.17) is 11.6 Å². The van der Waals surface area contributed by atoms with E-state index in [1.165, 1.54) is 12.1 Å². The first-order valence-electron chi connectivity index (χ1n) is 12.7. The van der Waals surface area contributed by atoms with Crippen molar-refractivity contribution < 1.29 is 16.0 Å². The Morgan fingerprint density at radius 3 is 2.17 bits per heavy atom. The minimum atomic E-state index is -1.48. The third-order valence-corrected chi connectivity index (χ3v) is 6.55. The topological polar surface area (TPSA) is 39.2 Å². The molecule has 0 saturated heterocycles. The zero-order valence-electron chi connectivity index (χ0n) is 21.2. The molecule has 0 atom stereocenters. The van der Waals surface area contributed by atoms with Crippen molar-refractivity contribution in [3.8, 4) is 11.3 Å². The normalized spacial score (nSPS) is 13.5. The molecule has 0 unspecified atom stereocenters. The second-order valence-corrected chi connectivity index (χ2v) is 9.24. The molecule has 0 radical (unpaired) electrons. The summed E-state index contributed by atoms with van der Waals surface area (Å²) in [5.74, 6) is -0.509. The van der Waals surface area contributed by atoms with Crippen molar-refractivity contribution in [3.05, 3.63) is 90.4 Å². The van der Waals surface area contributed by atoms with E-state index >= 15 is 0 Å². The van der Waals surface area contributed by atoms with E-state index < -0.39 is 6.37 Å². The van der Waals surface area contributed by atoms with Crippen LogP contribution in [-0.4, -0.2) is 4.98 Å². The summed E-state index contributed by atoms with van der Waals surface area (Å²) in [4.78, 5) is 4.57. The summed E-state index contributed by atoms with van der Waals surface area (Å²) in [6.07, 6.45) is 0.180. The van der Waals surface area contributed by atoms with Crippen LogP contribution < -0.4 is 0 Å². The SMILES string of the molecule is [2H]C([2H])(c1ccnc(-c2cccc3c2oc2c3ccc3c2ccc2c4ccc(F)cc4oc23)c1)C(C)C. The summed E-state index contributed by atoms with van der Waals surface area (Å²) in [5, 5.41) is 5.54. The molecule has 0 aliphatic heterocycles. The minimum absolute atomic E-state index is 0.178. The van der Waals surface area contributed by atoms with Gasteiger partial charge in [0.15, 0.2) is 0 Å². The second-order valence-electron chi connectivity index (χ2n) is 9.24. The molecule has 0 fully saturated rings. The fraction of sp³-hybridized carbons (Fsp3) is 0.129. The van der Waals surface area contributed by atoms with Crippen molar-refractivity contribution in [2.24, 2.45) is 5.92 Å². The molecule has 0 saturated carbocycles. The van der Waals surface area contributed by atoms with Crippen molar-refractivity contribution in [3.63, 3.8) is 0 Å². The molecule has 4 heteroatoms. The number of halogens is 1. The van der Waals surface area contributed by atoms with E-state index in [1.54, 1.807) is 18.3 Å². The number of para-hydroxylation sites is 1. The highest BCUT2D eigenvalue weighted by atomic mass is 19.1. The van der Waals surface area contributed by atoms with Crippen LogP contribution in [0.2, 0.25) is 0 Å². The zero-order valence-corrected chi connectivity index (χ0v) is 19.2. The van der Waals surface area contributed by atoms with Crippen LogP contribution in [0.1, 0.15) is 22.2 Å². The van der Waals surface area contributed by atoms with E-state index in [1.807, 2.05) is 62.4 Å². The minimum Gasteiger partial charge on any atom is -0.455 e. The number of nitrogens with zero attached hydrogens (tertiary/aromatic N) is 1. The zero-order chi connectivity index (χ0) is 25.5. The first-order valence-corrected chi connectivity index (χ1v) is 11.7. The average Bonchev–Trinajstić information content (AvgIpc) is 3.46. The Balaban J connectivity index is 1.48. The van der Waals surface area contributed by atoms with Crippen LogP contribution in [0.15, 0.2) is 87.8 Å². The van der Waals surface area contributed by atoms with Gasteiger partial charge in [-0.3, -0.25) is 4.98 Å². The quantitative estimate of drug-likeness (QED) is 0.263. The average molecular weight is 462 g/mol. The maximum atomic E-state index is 13.8. The van der Waals surface area contributed by atoms with Crippen molar-refractivity contribution in [1.82, 2.24) is 4.98 Å². The molecule has 0 spiro atoms. The van der Waals surface area contributed by atoms with Crippen LogP contribution in [0.5, 0.6) is 0 Å². The van der Waals surface area contributed by atoms with E-state index in [0.29, 0.717) is 28.0 Å². The van der Waals surface area contributed by atoms with Crippen molar-refractivity contribution in [1.29, 1.82) is 0 Å². The van der Waals surface area contributed by atoms with Gasteiger partial charge in [-0.2, -0.15) is 0 Å². The molecule has 4 aromatic carbocycles. The van der Waals surface area contributed by atoms with Crippen molar-refractivity contribution in [2.75, 3.05) is 0 Å². The molecule has 0 amide bonds. The predicted octanol–water partition coefficient (Wildman–Crippen LogP) is 9.04. The van der Waals surface area contributed by atoms with Gasteiger partial charge in [0.1, 0.15) is 28.1 Å². The molecule has 3 heterocycles. The molecular formula is C31H22FNO2. The van der Waals surface area contributed by atoms with Gasteiger partial charge in [-0.15, -0.1) is 0 Å². The number of hydrogen-bond acceptors (Lipinski definition) is 3. The number of rotatable bonds is 3. The van der Waals surface area contributed by atoms with E-state index in [0.717, 1.165) is 43.5 Å². The van der Waals surface area contributed by atoms with Gasteiger partial charge in [0.05, 0.1) is 5.69 Å². The summed E-state index contributed by atoms with van der Waals surface area (Å²) in [6, 6.07) is 22.2. The lowest BCUT2D eigenvalue weighted by atomic mass is 10.00. The fourth-order valence-corrected chi connectivity index (χ4v) is 5.07. The maximum absolute atomic E-state index is 13.8. The molecule has 0 bridgehead atoms. The Labute approximate surface area is 203 Å². The first kappa shape index (κ1) is 18.2. The third-order valence-electron chi connectivity index (χ3n) is 6.55. The number of hydrogen-bond donors (Lipinski definition) is 0. The van der Waals surface area contributed by atoms with Crippen molar-refractivity contribution in [2.45, 2.75) is 20.2 Å². The summed E-state index contributed by atoms with van der Waals surface area (Å²) in [5.41, 5.74) is 4.72. The van der Waals surface area contributed by atoms with Crippen LogP contribution in [0.25, 0.3) is 65.9 Å². The largest absolute Gasteiger partial charge is 0.455 e. The number of fused-ring (bicyclic) bond motifs is 9. The van der Waals surface area contributed by atoms with Crippen LogP contribution >= 0.6 is 0 Å². The number of benzene rings is 4. The van der Waals surface area contributed by atoms with Gasteiger partial charge in [-0.1, -0.05) is 26.0 Å². The van der Waals surface area contributed by atoms with E-state index in [-0.39, 0.29) is 11.7 Å². The molecule has 7 aromatic rings. The van der Waals surface area contributed by atoms with Crippen molar-refractivity contribution >= 4 is 54.6 Å². The van der Waals surface area contributed by atoms with Gasteiger partial charge in [0.25, 0.3) is 0 Å². The van der Waals surface area contributed by atoms with Crippen LogP contribution in [0.4, 0.5) is 4.39 Å². The van der Waals surface area contributed by atoms with E-state index in [9.17, 15) is 4.39 Å². The molecule has 35 heavy (non-hydrogen) atoms. The Kier molecular flexibility index (Phi) is 3.85. The lowest BCUT2D eigenvalue weighted by Crippen LogP contribution is -1.95. The second kappa shape index (κ2) is 7.41. The van der Waals surface area contributed by atoms with Gasteiger partial charge >= 0.3 is 0 Å². The summed E-state index contributed by atoms with van der Waals surface area (Å²) < 4.78 is 43.5. The van der Waals surface area contributed by atoms with Crippen LogP contribution in [0.3, 0.4) is 0 Å². The number of pyridine rings is 1. The molecule has 170 valence electrons. The Morgan fingerprint density at radius 1 is 0.771 bits per heavy atom. The van der Waals surface area contributed by atoms with Gasteiger partial charge < -0.3 is 8.83 Å². The number of aromatic nitrogens is 1. The lowest BCUT2D eigenvalue weighted by Gasteiger charge is -2.07. The van der Waals surface area contributed by atoms with Gasteiger partial charge in [-0.05, 0) is 72.5 Å². The monoisotopic (exact) mass is 461 g/mol. The Hall–Kier alpha value is -4.18. The summed E-state index contributed by atoms with van der Waals surface area (Å²) in [6.45, 7) is 3.75. The highest BCUT2D eigenvalue weighted by Crippen LogP contribution is 2.41. The Bertz CT molecular complexity index is 2020. The first-order chi connectivity index (χ1) is 17.8. The fourth-order valence-electron chi connectivity index (χ4n) is 5.07. The Morgan fingerprint density at radius 2 is 1.43 bits per heavy atom. The molecule has 0 N–H and O–H groups in total. The molecule has 3 aromatic heterocycles. The summed E-state index contributed by atoms with van der Waals surface area (Å²) >= 11 is 0. The predicted molar refractivity (Wildman–Crippen MR) is 140 cm³/mol. The summed E-state index contributed by atoms with van der Waals surface area (Å²) in [7, 11) is 0. The van der Waals surface area contributed by atoms with Crippen LogP contribution in [0, 0.1) is 11.7 Å². The van der Waals surface area contributed by atoms with Crippen LogP contribution in [-0.2, 0) is 6.37 Å². The highest BCUT2D eigenvalue weighted by molar-refractivity contribution is 6.23. The van der Waals surface area contributed by atoms with E-state index in [2.05, 4.69) is 4.98 Å².